The molecule has 2 aromatic rings. The van der Waals surface area contributed by atoms with Crippen LogP contribution in [0.25, 0.3) is 0 Å². The van der Waals surface area contributed by atoms with Crippen LogP contribution in [0, 0.1) is 6.92 Å². The third kappa shape index (κ3) is 2.80. The first-order valence-corrected chi connectivity index (χ1v) is 7.75. The number of rotatable bonds is 5. The van der Waals surface area contributed by atoms with Gasteiger partial charge in [0.1, 0.15) is 11.5 Å². The minimum absolute atomic E-state index is 0.165. The Balaban J connectivity index is 1.75. The fourth-order valence-corrected chi connectivity index (χ4v) is 3.14. The molecule has 1 fully saturated rings. The van der Waals surface area contributed by atoms with Crippen molar-refractivity contribution in [2.45, 2.75) is 37.3 Å². The lowest BCUT2D eigenvalue weighted by molar-refractivity contribution is 0.392. The Morgan fingerprint density at radius 3 is 2.84 bits per heavy atom. The van der Waals surface area contributed by atoms with Gasteiger partial charge in [-0.1, -0.05) is 5.16 Å². The van der Waals surface area contributed by atoms with Gasteiger partial charge in [-0.15, -0.1) is 5.10 Å². The Morgan fingerprint density at radius 2 is 2.21 bits per heavy atom. The monoisotopic (exact) mass is 283 g/mol. The van der Waals surface area contributed by atoms with Gasteiger partial charge in [-0.2, -0.15) is 0 Å². The zero-order chi connectivity index (χ0) is 13.5. The maximum atomic E-state index is 12.1. The van der Waals surface area contributed by atoms with Crippen LogP contribution in [0.4, 0.5) is 0 Å². The van der Waals surface area contributed by atoms with E-state index in [-0.39, 0.29) is 17.5 Å². The number of nitrogens with zero attached hydrogens (tertiary/aromatic N) is 5. The summed E-state index contributed by atoms with van der Waals surface area (Å²) in [6.07, 6.45) is 2.00. The highest BCUT2D eigenvalue weighted by atomic mass is 32.2. The molecule has 0 aliphatic heterocycles. The molecule has 0 spiro atoms. The fraction of sp³-hybridized carbons (Fsp3) is 0.600. The fourth-order valence-electron chi connectivity index (χ4n) is 1.87. The van der Waals surface area contributed by atoms with Crippen LogP contribution in [-0.4, -0.2) is 33.8 Å². The van der Waals surface area contributed by atoms with Crippen LogP contribution in [0.3, 0.4) is 0 Å². The Kier molecular flexibility index (Phi) is 2.85. The molecule has 1 aliphatic carbocycles. The van der Waals surface area contributed by atoms with Gasteiger partial charge in [-0.25, -0.2) is 13.1 Å². The van der Waals surface area contributed by atoms with E-state index in [4.69, 9.17) is 4.52 Å². The standard InChI is InChI=1S/C10H13N5O3S/c1-7-4-8(12-18-7)5-19(16,17)6-10-11-13-14-15(10)9-2-3-9/h4,9H,2-3,5-6H2,1H3. The zero-order valence-electron chi connectivity index (χ0n) is 10.4. The number of aromatic nitrogens is 5. The molecule has 0 unspecified atom stereocenters. The predicted octanol–water partition coefficient (Wildman–Crippen LogP) is 0.419. The minimum Gasteiger partial charge on any atom is -0.361 e. The molecule has 0 aromatic carbocycles. The van der Waals surface area contributed by atoms with Crippen LogP contribution in [0.15, 0.2) is 10.6 Å². The quantitative estimate of drug-likeness (QED) is 0.783. The number of hydrogen-bond acceptors (Lipinski definition) is 7. The van der Waals surface area contributed by atoms with Crippen molar-refractivity contribution in [2.75, 3.05) is 0 Å². The summed E-state index contributed by atoms with van der Waals surface area (Å²) in [5.74, 6) is 0.639. The molecule has 1 saturated carbocycles. The van der Waals surface area contributed by atoms with Gasteiger partial charge in [0.05, 0.1) is 17.5 Å². The van der Waals surface area contributed by atoms with Gasteiger partial charge in [0.2, 0.25) is 0 Å². The molecule has 0 amide bonds. The Morgan fingerprint density at radius 1 is 1.42 bits per heavy atom. The van der Waals surface area contributed by atoms with Crippen molar-refractivity contribution >= 4 is 9.84 Å². The van der Waals surface area contributed by atoms with Gasteiger partial charge in [-0.05, 0) is 30.2 Å². The van der Waals surface area contributed by atoms with Crippen LogP contribution in [0.2, 0.25) is 0 Å². The second-order valence-corrected chi connectivity index (χ2v) is 6.80. The van der Waals surface area contributed by atoms with E-state index < -0.39 is 9.84 Å². The van der Waals surface area contributed by atoms with E-state index in [0.717, 1.165) is 12.8 Å². The van der Waals surface area contributed by atoms with Crippen molar-refractivity contribution in [3.8, 4) is 0 Å². The largest absolute Gasteiger partial charge is 0.361 e. The number of sulfone groups is 1. The molecule has 102 valence electrons. The molecule has 2 heterocycles. The molecule has 0 radical (unpaired) electrons. The highest BCUT2D eigenvalue weighted by molar-refractivity contribution is 7.89. The van der Waals surface area contributed by atoms with Crippen molar-refractivity contribution in [1.82, 2.24) is 25.4 Å². The average molecular weight is 283 g/mol. The third-order valence-corrected chi connectivity index (χ3v) is 4.28. The molecule has 0 saturated heterocycles. The molecular weight excluding hydrogens is 270 g/mol. The number of tetrazole rings is 1. The molecule has 0 N–H and O–H groups in total. The summed E-state index contributed by atoms with van der Waals surface area (Å²) in [6, 6.07) is 1.87. The van der Waals surface area contributed by atoms with E-state index in [1.54, 1.807) is 17.7 Å². The van der Waals surface area contributed by atoms with Crippen molar-refractivity contribution in [2.24, 2.45) is 0 Å². The van der Waals surface area contributed by atoms with E-state index in [9.17, 15) is 8.42 Å². The van der Waals surface area contributed by atoms with Crippen LogP contribution in [0.5, 0.6) is 0 Å². The van der Waals surface area contributed by atoms with Crippen LogP contribution in [0.1, 0.15) is 36.2 Å². The second-order valence-electron chi connectivity index (χ2n) is 4.73. The SMILES string of the molecule is Cc1cc(CS(=O)(=O)Cc2nnnn2C2CC2)no1. The number of aryl methyl sites for hydroxylation is 1. The molecular formula is C10H13N5O3S. The maximum Gasteiger partial charge on any atom is 0.166 e. The summed E-state index contributed by atoms with van der Waals surface area (Å²) in [7, 11) is -3.36. The highest BCUT2D eigenvalue weighted by Gasteiger charge is 2.29. The minimum atomic E-state index is -3.36. The lowest BCUT2D eigenvalue weighted by Gasteiger charge is -2.02. The molecule has 2 aromatic heterocycles. The normalized spacial score (nSPS) is 15.8. The summed E-state index contributed by atoms with van der Waals surface area (Å²) >= 11 is 0. The smallest absolute Gasteiger partial charge is 0.166 e. The average Bonchev–Trinajstić information content (AvgIpc) is 2.94. The summed E-state index contributed by atoms with van der Waals surface area (Å²) in [5, 5.41) is 14.8. The van der Waals surface area contributed by atoms with Crippen LogP contribution in [-0.2, 0) is 21.3 Å². The van der Waals surface area contributed by atoms with Crippen molar-refractivity contribution in [1.29, 1.82) is 0 Å². The van der Waals surface area contributed by atoms with E-state index in [1.807, 2.05) is 0 Å². The van der Waals surface area contributed by atoms with Gasteiger partial charge < -0.3 is 4.52 Å². The van der Waals surface area contributed by atoms with Gasteiger partial charge >= 0.3 is 0 Å². The number of hydrogen-bond donors (Lipinski definition) is 0. The van der Waals surface area contributed by atoms with Crippen molar-refractivity contribution in [3.63, 3.8) is 0 Å². The first-order chi connectivity index (χ1) is 9.03. The van der Waals surface area contributed by atoms with E-state index in [2.05, 4.69) is 20.7 Å². The zero-order valence-corrected chi connectivity index (χ0v) is 11.2. The predicted molar refractivity (Wildman–Crippen MR) is 63.7 cm³/mol. The first kappa shape index (κ1) is 12.3. The molecule has 0 bridgehead atoms. The Hall–Kier alpha value is -1.77. The van der Waals surface area contributed by atoms with Crippen molar-refractivity contribution < 1.29 is 12.9 Å². The summed E-state index contributed by atoms with van der Waals surface area (Å²) < 4.78 is 30.6. The van der Waals surface area contributed by atoms with Gasteiger partial charge in [0, 0.05) is 6.07 Å². The topological polar surface area (TPSA) is 104 Å². The summed E-state index contributed by atoms with van der Waals surface area (Å²) in [5.41, 5.74) is 0.406. The molecule has 19 heavy (non-hydrogen) atoms. The van der Waals surface area contributed by atoms with Crippen LogP contribution < -0.4 is 0 Å². The van der Waals surface area contributed by atoms with Crippen LogP contribution >= 0.6 is 0 Å². The molecule has 1 aliphatic rings. The first-order valence-electron chi connectivity index (χ1n) is 5.93. The highest BCUT2D eigenvalue weighted by Crippen LogP contribution is 2.34. The van der Waals surface area contributed by atoms with E-state index in [0.29, 0.717) is 17.3 Å². The lowest BCUT2D eigenvalue weighted by atomic mass is 10.4. The van der Waals surface area contributed by atoms with Crippen molar-refractivity contribution in [3.05, 3.63) is 23.3 Å². The van der Waals surface area contributed by atoms with Gasteiger partial charge in [0.25, 0.3) is 0 Å². The molecule has 9 heteroatoms. The third-order valence-electron chi connectivity index (χ3n) is 2.85. The van der Waals surface area contributed by atoms with Gasteiger partial charge in [-0.3, -0.25) is 0 Å². The lowest BCUT2D eigenvalue weighted by Crippen LogP contribution is -2.13. The maximum absolute atomic E-state index is 12.1. The van der Waals surface area contributed by atoms with Gasteiger partial charge in [0.15, 0.2) is 15.7 Å². The second kappa shape index (κ2) is 4.41. The van der Waals surface area contributed by atoms with E-state index >= 15 is 0 Å². The Bertz CT molecular complexity index is 686. The van der Waals surface area contributed by atoms with E-state index in [1.165, 1.54) is 0 Å². The summed E-state index contributed by atoms with van der Waals surface area (Å²) in [4.78, 5) is 0. The molecule has 0 atom stereocenters. The summed E-state index contributed by atoms with van der Waals surface area (Å²) in [6.45, 7) is 1.72. The molecule has 8 nitrogen and oxygen atoms in total. The molecule has 3 rings (SSSR count). The Labute approximate surface area is 109 Å².